The zero-order valence-corrected chi connectivity index (χ0v) is 10.7. The van der Waals surface area contributed by atoms with Crippen LogP contribution in [0.3, 0.4) is 0 Å². The van der Waals surface area contributed by atoms with Crippen molar-refractivity contribution in [1.29, 1.82) is 0 Å². The van der Waals surface area contributed by atoms with Gasteiger partial charge in [0.1, 0.15) is 5.75 Å². The number of rotatable bonds is 3. The Morgan fingerprint density at radius 3 is 2.57 bits per heavy atom. The van der Waals surface area contributed by atoms with Crippen LogP contribution in [0.5, 0.6) is 11.6 Å². The average molecular weight is 288 g/mol. The minimum atomic E-state index is -0.997. The maximum Gasteiger partial charge on any atom is 0.241 e. The molecule has 0 aliphatic carbocycles. The molecular formula is C14H10F2N4O. The maximum atomic E-state index is 13.2. The fraction of sp³-hybridized carbons (Fsp3) is 0. The van der Waals surface area contributed by atoms with Gasteiger partial charge in [-0.2, -0.15) is 4.98 Å². The van der Waals surface area contributed by atoms with Crippen LogP contribution in [-0.4, -0.2) is 9.97 Å². The van der Waals surface area contributed by atoms with E-state index in [1.807, 2.05) is 0 Å². The van der Waals surface area contributed by atoms with Crippen LogP contribution < -0.4 is 16.0 Å². The van der Waals surface area contributed by atoms with Gasteiger partial charge >= 0.3 is 0 Å². The van der Waals surface area contributed by atoms with Crippen LogP contribution in [0.2, 0.25) is 0 Å². The number of hydrogen-bond donors (Lipinski definition) is 2. The van der Waals surface area contributed by atoms with Crippen molar-refractivity contribution in [3.63, 3.8) is 0 Å². The highest BCUT2D eigenvalue weighted by atomic mass is 19.2. The largest absolute Gasteiger partial charge is 0.438 e. The van der Waals surface area contributed by atoms with Gasteiger partial charge in [0.25, 0.3) is 0 Å². The predicted molar refractivity (Wildman–Crippen MR) is 73.8 cm³/mol. The molecule has 0 atom stereocenters. The molecule has 0 bridgehead atoms. The molecule has 0 spiro atoms. The Kier molecular flexibility index (Phi) is 3.33. The smallest absolute Gasteiger partial charge is 0.241 e. The molecule has 2 aromatic carbocycles. The summed E-state index contributed by atoms with van der Waals surface area (Å²) < 4.78 is 31.7. The summed E-state index contributed by atoms with van der Waals surface area (Å²) in [5.74, 6) is 3.84. The highest BCUT2D eigenvalue weighted by Crippen LogP contribution is 2.28. The van der Waals surface area contributed by atoms with Crippen molar-refractivity contribution in [3.05, 3.63) is 54.1 Å². The molecular weight excluding hydrogens is 278 g/mol. The quantitative estimate of drug-likeness (QED) is 0.572. The second-order valence-corrected chi connectivity index (χ2v) is 4.19. The van der Waals surface area contributed by atoms with Gasteiger partial charge in [-0.25, -0.2) is 19.6 Å². The molecule has 3 rings (SSSR count). The van der Waals surface area contributed by atoms with Crippen LogP contribution in [0.15, 0.2) is 42.5 Å². The fourth-order valence-electron chi connectivity index (χ4n) is 1.84. The Hall–Kier alpha value is -2.80. The number of benzene rings is 2. The Bertz CT molecular complexity index is 810. The Morgan fingerprint density at radius 1 is 1.00 bits per heavy atom. The van der Waals surface area contributed by atoms with Gasteiger partial charge < -0.3 is 4.74 Å². The number of hydrazine groups is 1. The third-order valence-corrected chi connectivity index (χ3v) is 2.80. The molecule has 5 nitrogen and oxygen atoms in total. The SMILES string of the molecule is NNc1nc(Oc2ccc(F)c(F)c2)c2ccccc2n1. The monoisotopic (exact) mass is 288 g/mol. The highest BCUT2D eigenvalue weighted by molar-refractivity contribution is 5.84. The van der Waals surface area contributed by atoms with Gasteiger partial charge in [0.05, 0.1) is 10.9 Å². The molecule has 0 aliphatic rings. The van der Waals surface area contributed by atoms with E-state index in [1.165, 1.54) is 6.07 Å². The van der Waals surface area contributed by atoms with E-state index in [4.69, 9.17) is 10.6 Å². The van der Waals surface area contributed by atoms with Gasteiger partial charge in [-0.1, -0.05) is 12.1 Å². The van der Waals surface area contributed by atoms with Crippen molar-refractivity contribution in [2.75, 3.05) is 5.43 Å². The van der Waals surface area contributed by atoms with Crippen molar-refractivity contribution >= 4 is 16.9 Å². The van der Waals surface area contributed by atoms with Gasteiger partial charge in [-0.05, 0) is 24.3 Å². The second-order valence-electron chi connectivity index (χ2n) is 4.19. The van der Waals surface area contributed by atoms with Crippen molar-refractivity contribution in [2.24, 2.45) is 5.84 Å². The number of aromatic nitrogens is 2. The molecule has 1 heterocycles. The van der Waals surface area contributed by atoms with Crippen molar-refractivity contribution < 1.29 is 13.5 Å². The zero-order chi connectivity index (χ0) is 14.8. The zero-order valence-electron chi connectivity index (χ0n) is 10.7. The number of ether oxygens (including phenoxy) is 1. The summed E-state index contributed by atoms with van der Waals surface area (Å²) in [6.45, 7) is 0. The summed E-state index contributed by atoms with van der Waals surface area (Å²) in [7, 11) is 0. The van der Waals surface area contributed by atoms with Crippen LogP contribution in [-0.2, 0) is 0 Å². The molecule has 0 saturated carbocycles. The van der Waals surface area contributed by atoms with Gasteiger partial charge in [0.15, 0.2) is 11.6 Å². The maximum absolute atomic E-state index is 13.2. The number of nitrogens with two attached hydrogens (primary N) is 1. The number of para-hydroxylation sites is 1. The van der Waals surface area contributed by atoms with Crippen LogP contribution >= 0.6 is 0 Å². The van der Waals surface area contributed by atoms with E-state index in [1.54, 1.807) is 24.3 Å². The molecule has 0 unspecified atom stereocenters. The lowest BCUT2D eigenvalue weighted by Gasteiger charge is -2.09. The number of anilines is 1. The molecule has 1 aromatic heterocycles. The van der Waals surface area contributed by atoms with Crippen LogP contribution in [0.4, 0.5) is 14.7 Å². The molecule has 0 radical (unpaired) electrons. The van der Waals surface area contributed by atoms with E-state index in [2.05, 4.69) is 15.4 Å². The van der Waals surface area contributed by atoms with Crippen LogP contribution in [0.1, 0.15) is 0 Å². The minimum absolute atomic E-state index is 0.126. The summed E-state index contributed by atoms with van der Waals surface area (Å²) in [6, 6.07) is 10.3. The third kappa shape index (κ3) is 2.59. The average Bonchev–Trinajstić information content (AvgIpc) is 2.51. The van der Waals surface area contributed by atoms with E-state index in [0.29, 0.717) is 10.9 Å². The summed E-state index contributed by atoms with van der Waals surface area (Å²) in [5, 5.41) is 0.626. The van der Waals surface area contributed by atoms with E-state index in [0.717, 1.165) is 12.1 Å². The number of halogens is 2. The number of hydrogen-bond acceptors (Lipinski definition) is 5. The molecule has 0 aliphatic heterocycles. The molecule has 106 valence electrons. The minimum Gasteiger partial charge on any atom is -0.438 e. The Labute approximate surface area is 118 Å². The van der Waals surface area contributed by atoms with E-state index >= 15 is 0 Å². The molecule has 3 aromatic rings. The molecule has 0 fully saturated rings. The standard InChI is InChI=1S/C14H10F2N4O/c15-10-6-5-8(7-11(10)16)21-13-9-3-1-2-4-12(9)18-14(19-13)20-17/h1-7H,17H2,(H,18,19,20). The van der Waals surface area contributed by atoms with E-state index in [9.17, 15) is 8.78 Å². The molecule has 0 amide bonds. The Morgan fingerprint density at radius 2 is 1.81 bits per heavy atom. The van der Waals surface area contributed by atoms with Gasteiger partial charge in [0.2, 0.25) is 11.8 Å². The van der Waals surface area contributed by atoms with Gasteiger partial charge in [0, 0.05) is 6.07 Å². The fourth-order valence-corrected chi connectivity index (χ4v) is 1.84. The lowest BCUT2D eigenvalue weighted by molar-refractivity contribution is 0.452. The number of nitrogens with zero attached hydrogens (tertiary/aromatic N) is 2. The lowest BCUT2D eigenvalue weighted by Crippen LogP contribution is -2.11. The molecule has 0 saturated heterocycles. The van der Waals surface area contributed by atoms with E-state index in [-0.39, 0.29) is 17.6 Å². The first-order chi connectivity index (χ1) is 10.2. The van der Waals surface area contributed by atoms with Crippen LogP contribution in [0.25, 0.3) is 10.9 Å². The van der Waals surface area contributed by atoms with Crippen molar-refractivity contribution in [3.8, 4) is 11.6 Å². The first kappa shape index (κ1) is 13.2. The summed E-state index contributed by atoms with van der Waals surface area (Å²) >= 11 is 0. The molecule has 3 N–H and O–H groups in total. The second kappa shape index (κ2) is 5.29. The van der Waals surface area contributed by atoms with Crippen LogP contribution in [0, 0.1) is 11.6 Å². The molecule has 7 heteroatoms. The Balaban J connectivity index is 2.08. The highest BCUT2D eigenvalue weighted by Gasteiger charge is 2.10. The third-order valence-electron chi connectivity index (χ3n) is 2.80. The van der Waals surface area contributed by atoms with Gasteiger partial charge in [-0.15, -0.1) is 0 Å². The van der Waals surface area contributed by atoms with Crippen molar-refractivity contribution in [1.82, 2.24) is 9.97 Å². The number of nitrogen functional groups attached to an aromatic ring is 1. The number of fused-ring (bicyclic) bond motifs is 1. The summed E-state index contributed by atoms with van der Waals surface area (Å²) in [5.41, 5.74) is 2.94. The first-order valence-electron chi connectivity index (χ1n) is 6.03. The topological polar surface area (TPSA) is 73.1 Å². The lowest BCUT2D eigenvalue weighted by atomic mass is 10.2. The number of nitrogens with one attached hydrogen (secondary N) is 1. The first-order valence-corrected chi connectivity index (χ1v) is 6.03. The summed E-state index contributed by atoms with van der Waals surface area (Å²) in [6.07, 6.45) is 0. The predicted octanol–water partition coefficient (Wildman–Crippen LogP) is 2.99. The normalized spacial score (nSPS) is 10.6. The molecule has 21 heavy (non-hydrogen) atoms. The van der Waals surface area contributed by atoms with Crippen molar-refractivity contribution in [2.45, 2.75) is 0 Å². The summed E-state index contributed by atoms with van der Waals surface area (Å²) in [4.78, 5) is 8.25. The van der Waals surface area contributed by atoms with E-state index < -0.39 is 11.6 Å². The van der Waals surface area contributed by atoms with Gasteiger partial charge in [-0.3, -0.25) is 5.43 Å².